The average Bonchev–Trinajstić information content (AvgIpc) is 3.40. The van der Waals surface area contributed by atoms with E-state index in [1.165, 1.54) is 12.1 Å². The molecule has 1 heterocycles. The lowest BCUT2D eigenvalue weighted by molar-refractivity contribution is 0.0491. The van der Waals surface area contributed by atoms with Gasteiger partial charge < -0.3 is 14.9 Å². The first-order valence-electron chi connectivity index (χ1n) is 8.66. The van der Waals surface area contributed by atoms with E-state index in [9.17, 15) is 13.2 Å². The summed E-state index contributed by atoms with van der Waals surface area (Å²) >= 11 is 0. The lowest BCUT2D eigenvalue weighted by atomic mass is 9.98. The van der Waals surface area contributed by atoms with Gasteiger partial charge in [-0.3, -0.25) is 0 Å². The predicted molar refractivity (Wildman–Crippen MR) is 105 cm³/mol. The molecular weight excluding hydrogens is 392 g/mol. The Labute approximate surface area is 165 Å². The molecule has 1 atom stereocenters. The third-order valence-corrected chi connectivity index (χ3v) is 6.56. The molecule has 7 nitrogen and oxygen atoms in total. The van der Waals surface area contributed by atoms with Crippen LogP contribution < -0.4 is 10.5 Å². The van der Waals surface area contributed by atoms with E-state index < -0.39 is 21.5 Å². The number of carbonyl (C=O) groups is 1. The minimum Gasteiger partial charge on any atom is -0.460 e. The van der Waals surface area contributed by atoms with E-state index in [-0.39, 0.29) is 42.1 Å². The number of aryl methyl sites for hydroxylation is 1. The van der Waals surface area contributed by atoms with Gasteiger partial charge in [0.25, 0.3) is 0 Å². The van der Waals surface area contributed by atoms with E-state index >= 15 is 0 Å². The van der Waals surface area contributed by atoms with Crippen LogP contribution in [0.5, 0.6) is 0 Å². The van der Waals surface area contributed by atoms with E-state index in [0.29, 0.717) is 16.5 Å². The first kappa shape index (κ1) is 21.7. The summed E-state index contributed by atoms with van der Waals surface area (Å²) in [5.41, 5.74) is 6.16. The van der Waals surface area contributed by atoms with Gasteiger partial charge in [-0.2, -0.15) is 0 Å². The first-order valence-corrected chi connectivity index (χ1v) is 10.1. The van der Waals surface area contributed by atoms with Gasteiger partial charge in [-0.25, -0.2) is 17.9 Å². The van der Waals surface area contributed by atoms with E-state index in [4.69, 9.17) is 14.9 Å². The van der Waals surface area contributed by atoms with Crippen molar-refractivity contribution in [2.75, 3.05) is 13.2 Å². The highest BCUT2D eigenvalue weighted by Gasteiger charge is 2.43. The maximum Gasteiger partial charge on any atom is 0.374 e. The zero-order chi connectivity index (χ0) is 19.1. The van der Waals surface area contributed by atoms with Gasteiger partial charge >= 0.3 is 5.97 Å². The molecule has 0 saturated heterocycles. The second kappa shape index (κ2) is 7.79. The van der Waals surface area contributed by atoms with Crippen LogP contribution in [0.2, 0.25) is 0 Å². The molecule has 1 saturated carbocycles. The topological polar surface area (TPSA) is 112 Å². The Bertz CT molecular complexity index is 952. The van der Waals surface area contributed by atoms with Crippen LogP contribution in [0.1, 0.15) is 42.8 Å². The summed E-state index contributed by atoms with van der Waals surface area (Å²) in [5, 5.41) is 0.566. The number of benzene rings is 1. The van der Waals surface area contributed by atoms with Crippen LogP contribution >= 0.6 is 12.4 Å². The Hall–Kier alpha value is -1.61. The van der Waals surface area contributed by atoms with Crippen LogP contribution in [0.15, 0.2) is 27.5 Å². The number of hydrogen-bond donors (Lipinski definition) is 2. The molecule has 150 valence electrons. The number of hydrogen-bond acceptors (Lipinski definition) is 6. The lowest BCUT2D eigenvalue weighted by Gasteiger charge is -2.29. The molecule has 1 unspecified atom stereocenters. The van der Waals surface area contributed by atoms with Crippen molar-refractivity contribution in [2.24, 2.45) is 11.7 Å². The maximum absolute atomic E-state index is 12.8. The fourth-order valence-electron chi connectivity index (χ4n) is 3.14. The minimum atomic E-state index is -3.75. The summed E-state index contributed by atoms with van der Waals surface area (Å²) < 4.78 is 39.0. The SMILES string of the molecule is CCOC(=O)c1oc2ccc(S(=O)(=O)NC(C)(CN)C3CC3)cc2c1C.Cl. The Kier molecular flexibility index (Phi) is 6.26. The molecule has 2 aromatic rings. The third-order valence-electron chi connectivity index (χ3n) is 4.95. The number of furan rings is 1. The Morgan fingerprint density at radius 1 is 1.41 bits per heavy atom. The molecule has 27 heavy (non-hydrogen) atoms. The number of halogens is 1. The molecule has 0 bridgehead atoms. The lowest BCUT2D eigenvalue weighted by Crippen LogP contribution is -2.52. The monoisotopic (exact) mass is 416 g/mol. The molecule has 3 rings (SSSR count). The smallest absolute Gasteiger partial charge is 0.374 e. The van der Waals surface area contributed by atoms with Crippen molar-refractivity contribution in [3.8, 4) is 0 Å². The second-order valence-electron chi connectivity index (χ2n) is 6.94. The van der Waals surface area contributed by atoms with Crippen LogP contribution in [-0.4, -0.2) is 33.1 Å². The Morgan fingerprint density at radius 3 is 2.63 bits per heavy atom. The second-order valence-corrected chi connectivity index (χ2v) is 8.62. The number of rotatable bonds is 7. The number of sulfonamides is 1. The average molecular weight is 417 g/mol. The quantitative estimate of drug-likeness (QED) is 0.671. The highest BCUT2D eigenvalue weighted by Crippen LogP contribution is 2.40. The van der Waals surface area contributed by atoms with Crippen molar-refractivity contribution in [1.82, 2.24) is 4.72 Å². The Morgan fingerprint density at radius 2 is 2.07 bits per heavy atom. The minimum absolute atomic E-state index is 0. The summed E-state index contributed by atoms with van der Waals surface area (Å²) in [6, 6.07) is 4.53. The van der Waals surface area contributed by atoms with Crippen LogP contribution in [0, 0.1) is 12.8 Å². The van der Waals surface area contributed by atoms with Gasteiger partial charge in [0.1, 0.15) is 5.58 Å². The van der Waals surface area contributed by atoms with Crippen molar-refractivity contribution >= 4 is 39.4 Å². The molecule has 0 spiro atoms. The predicted octanol–water partition coefficient (Wildman–Crippen LogP) is 2.75. The number of ether oxygens (including phenoxy) is 1. The van der Waals surface area contributed by atoms with E-state index in [0.717, 1.165) is 12.8 Å². The van der Waals surface area contributed by atoms with Crippen molar-refractivity contribution in [3.05, 3.63) is 29.5 Å². The molecule has 1 aromatic carbocycles. The summed E-state index contributed by atoms with van der Waals surface area (Å²) in [6.07, 6.45) is 1.94. The van der Waals surface area contributed by atoms with Gasteiger partial charge in [-0.15, -0.1) is 12.4 Å². The number of carbonyl (C=O) groups excluding carboxylic acids is 1. The van der Waals surface area contributed by atoms with E-state index in [2.05, 4.69) is 4.72 Å². The third kappa shape index (κ3) is 4.13. The molecule has 3 N–H and O–H groups in total. The fourth-order valence-corrected chi connectivity index (χ4v) is 4.64. The molecule has 0 radical (unpaired) electrons. The molecular formula is C18H25ClN2O5S. The Balaban J connectivity index is 0.00000261. The van der Waals surface area contributed by atoms with Crippen molar-refractivity contribution < 1.29 is 22.4 Å². The standard InChI is InChI=1S/C18H24N2O5S.ClH/c1-4-24-17(21)16-11(2)14-9-13(7-8-15(14)25-16)26(22,23)20-18(3,10-19)12-5-6-12;/h7-9,12,20H,4-6,10,19H2,1-3H3;1H. The first-order chi connectivity index (χ1) is 12.2. The summed E-state index contributed by atoms with van der Waals surface area (Å²) in [6.45, 7) is 5.72. The van der Waals surface area contributed by atoms with Crippen LogP contribution in [-0.2, 0) is 14.8 Å². The molecule has 1 aromatic heterocycles. The highest BCUT2D eigenvalue weighted by molar-refractivity contribution is 7.89. The molecule has 1 fully saturated rings. The van der Waals surface area contributed by atoms with Gasteiger partial charge in [0.2, 0.25) is 15.8 Å². The highest BCUT2D eigenvalue weighted by atomic mass is 35.5. The molecule has 1 aliphatic rings. The summed E-state index contributed by atoms with van der Waals surface area (Å²) in [5.74, 6) is -0.209. The van der Waals surface area contributed by atoms with Crippen LogP contribution in [0.4, 0.5) is 0 Å². The molecule has 1 aliphatic carbocycles. The van der Waals surface area contributed by atoms with Gasteiger partial charge in [-0.05, 0) is 57.7 Å². The summed E-state index contributed by atoms with van der Waals surface area (Å²) in [7, 11) is -3.75. The van der Waals surface area contributed by atoms with Crippen LogP contribution in [0.3, 0.4) is 0 Å². The zero-order valence-corrected chi connectivity index (χ0v) is 17.2. The number of nitrogens with two attached hydrogens (primary N) is 1. The number of fused-ring (bicyclic) bond motifs is 1. The largest absolute Gasteiger partial charge is 0.460 e. The maximum atomic E-state index is 12.8. The fraction of sp³-hybridized carbons (Fsp3) is 0.500. The molecule has 0 aliphatic heterocycles. The normalized spacial score (nSPS) is 16.6. The number of nitrogens with one attached hydrogen (secondary N) is 1. The summed E-state index contributed by atoms with van der Waals surface area (Å²) in [4.78, 5) is 12.1. The van der Waals surface area contributed by atoms with Gasteiger partial charge in [0.15, 0.2) is 0 Å². The van der Waals surface area contributed by atoms with Crippen LogP contribution in [0.25, 0.3) is 11.0 Å². The molecule has 9 heteroatoms. The van der Waals surface area contributed by atoms with Gasteiger partial charge in [-0.1, -0.05) is 0 Å². The molecule has 0 amide bonds. The zero-order valence-electron chi connectivity index (χ0n) is 15.6. The van der Waals surface area contributed by atoms with E-state index in [1.54, 1.807) is 19.9 Å². The van der Waals surface area contributed by atoms with Gasteiger partial charge in [0.05, 0.1) is 11.5 Å². The van der Waals surface area contributed by atoms with Crippen molar-refractivity contribution in [2.45, 2.75) is 44.0 Å². The van der Waals surface area contributed by atoms with Crippen molar-refractivity contribution in [3.63, 3.8) is 0 Å². The van der Waals surface area contributed by atoms with E-state index in [1.807, 2.05) is 6.92 Å². The van der Waals surface area contributed by atoms with Crippen molar-refractivity contribution in [1.29, 1.82) is 0 Å². The number of esters is 1. The van der Waals surface area contributed by atoms with Gasteiger partial charge in [0, 0.05) is 23.0 Å².